The maximum absolute atomic E-state index is 9.81. The van der Waals surface area contributed by atoms with E-state index in [0.29, 0.717) is 19.2 Å². The fraction of sp³-hybridized carbons (Fsp3) is 1.00. The second kappa shape index (κ2) is 8.03. The standard InChI is InChI=1S/C13H28N2O2/c1-11(2)17-10-13(16)9-15(3)8-12-6-4-5-7-14-12/h11-14,16H,4-10H2,1-3H3. The van der Waals surface area contributed by atoms with Crippen LogP contribution < -0.4 is 5.32 Å². The average molecular weight is 244 g/mol. The number of hydrogen-bond donors (Lipinski definition) is 2. The summed E-state index contributed by atoms with van der Waals surface area (Å²) < 4.78 is 5.40. The smallest absolute Gasteiger partial charge is 0.0900 e. The predicted octanol–water partition coefficient (Wildman–Crippen LogP) is 0.846. The average Bonchev–Trinajstić information content (AvgIpc) is 2.27. The normalized spacial score (nSPS) is 23.3. The fourth-order valence-corrected chi connectivity index (χ4v) is 2.25. The van der Waals surface area contributed by atoms with Crippen LogP contribution >= 0.6 is 0 Å². The van der Waals surface area contributed by atoms with Crippen LogP contribution in [-0.4, -0.2) is 61.5 Å². The van der Waals surface area contributed by atoms with Crippen LogP contribution in [0.15, 0.2) is 0 Å². The molecule has 1 aliphatic heterocycles. The van der Waals surface area contributed by atoms with Gasteiger partial charge in [-0.1, -0.05) is 6.42 Å². The molecule has 0 aromatic carbocycles. The van der Waals surface area contributed by atoms with Gasteiger partial charge in [0.1, 0.15) is 0 Å². The molecule has 0 amide bonds. The minimum absolute atomic E-state index is 0.190. The van der Waals surface area contributed by atoms with Crippen LogP contribution in [0.5, 0.6) is 0 Å². The van der Waals surface area contributed by atoms with Gasteiger partial charge in [0.05, 0.1) is 18.8 Å². The van der Waals surface area contributed by atoms with Gasteiger partial charge >= 0.3 is 0 Å². The monoisotopic (exact) mass is 244 g/mol. The second-order valence-corrected chi connectivity index (χ2v) is 5.40. The second-order valence-electron chi connectivity index (χ2n) is 5.40. The first-order chi connectivity index (χ1) is 8.08. The number of nitrogens with one attached hydrogen (secondary N) is 1. The Hall–Kier alpha value is -0.160. The van der Waals surface area contributed by atoms with E-state index in [0.717, 1.165) is 13.1 Å². The molecular formula is C13H28N2O2. The molecule has 0 aromatic rings. The van der Waals surface area contributed by atoms with Crippen molar-refractivity contribution in [2.24, 2.45) is 0 Å². The number of piperidine rings is 1. The topological polar surface area (TPSA) is 44.7 Å². The summed E-state index contributed by atoms with van der Waals surface area (Å²) in [5.41, 5.74) is 0. The third-order valence-corrected chi connectivity index (χ3v) is 3.09. The Balaban J connectivity index is 2.12. The molecule has 102 valence electrons. The zero-order chi connectivity index (χ0) is 12.7. The molecule has 2 unspecified atom stereocenters. The zero-order valence-electron chi connectivity index (χ0n) is 11.5. The van der Waals surface area contributed by atoms with Crippen LogP contribution in [0.1, 0.15) is 33.1 Å². The lowest BCUT2D eigenvalue weighted by atomic mass is 10.0. The highest BCUT2D eigenvalue weighted by atomic mass is 16.5. The van der Waals surface area contributed by atoms with Gasteiger partial charge in [0.2, 0.25) is 0 Å². The van der Waals surface area contributed by atoms with Gasteiger partial charge in [0, 0.05) is 19.1 Å². The summed E-state index contributed by atoms with van der Waals surface area (Å²) >= 11 is 0. The SMILES string of the molecule is CC(C)OCC(O)CN(C)CC1CCCCN1. The van der Waals surface area contributed by atoms with Crippen LogP contribution in [0.4, 0.5) is 0 Å². The Morgan fingerprint density at radius 2 is 2.18 bits per heavy atom. The van der Waals surface area contributed by atoms with E-state index in [1.165, 1.54) is 19.3 Å². The van der Waals surface area contributed by atoms with Gasteiger partial charge in [0.25, 0.3) is 0 Å². The Bertz CT molecular complexity index is 194. The van der Waals surface area contributed by atoms with Gasteiger partial charge < -0.3 is 20.1 Å². The summed E-state index contributed by atoms with van der Waals surface area (Å²) in [5, 5.41) is 13.3. The molecule has 2 atom stereocenters. The largest absolute Gasteiger partial charge is 0.389 e. The van der Waals surface area contributed by atoms with Crippen LogP contribution in [0, 0.1) is 0 Å². The first-order valence-electron chi connectivity index (χ1n) is 6.79. The van der Waals surface area contributed by atoms with Gasteiger partial charge in [-0.2, -0.15) is 0 Å². The van der Waals surface area contributed by atoms with Gasteiger partial charge in [0.15, 0.2) is 0 Å². The summed E-state index contributed by atoms with van der Waals surface area (Å²) in [6, 6.07) is 0.590. The van der Waals surface area contributed by atoms with E-state index in [-0.39, 0.29) is 12.2 Å². The highest BCUT2D eigenvalue weighted by Gasteiger charge is 2.16. The van der Waals surface area contributed by atoms with Crippen molar-refractivity contribution in [3.63, 3.8) is 0 Å². The van der Waals surface area contributed by atoms with Crippen molar-refractivity contribution in [1.29, 1.82) is 0 Å². The molecule has 1 fully saturated rings. The lowest BCUT2D eigenvalue weighted by Gasteiger charge is -2.29. The molecule has 17 heavy (non-hydrogen) atoms. The summed E-state index contributed by atoms with van der Waals surface area (Å²) in [7, 11) is 2.06. The van der Waals surface area contributed by atoms with E-state index in [4.69, 9.17) is 4.74 Å². The minimum Gasteiger partial charge on any atom is -0.389 e. The van der Waals surface area contributed by atoms with Crippen molar-refractivity contribution in [3.05, 3.63) is 0 Å². The molecule has 1 aliphatic rings. The lowest BCUT2D eigenvalue weighted by Crippen LogP contribution is -2.44. The molecule has 1 heterocycles. The first-order valence-corrected chi connectivity index (χ1v) is 6.79. The van der Waals surface area contributed by atoms with Crippen LogP contribution in [0.2, 0.25) is 0 Å². The minimum atomic E-state index is -0.383. The number of likely N-dealkylation sites (N-methyl/N-ethyl adjacent to an activating group) is 1. The van der Waals surface area contributed by atoms with E-state index in [1.807, 2.05) is 13.8 Å². The van der Waals surface area contributed by atoms with Crippen LogP contribution in [-0.2, 0) is 4.74 Å². The summed E-state index contributed by atoms with van der Waals surface area (Å²) in [5.74, 6) is 0. The van der Waals surface area contributed by atoms with E-state index >= 15 is 0 Å². The number of ether oxygens (including phenoxy) is 1. The number of aliphatic hydroxyl groups is 1. The van der Waals surface area contributed by atoms with E-state index in [1.54, 1.807) is 0 Å². The molecule has 0 spiro atoms. The Morgan fingerprint density at radius 1 is 1.41 bits per heavy atom. The van der Waals surface area contributed by atoms with Gasteiger partial charge in [-0.25, -0.2) is 0 Å². The molecule has 0 saturated carbocycles. The Labute approximate surface area is 105 Å². The molecule has 0 bridgehead atoms. The number of nitrogens with zero attached hydrogens (tertiary/aromatic N) is 1. The molecule has 4 nitrogen and oxygen atoms in total. The first kappa shape index (κ1) is 14.9. The van der Waals surface area contributed by atoms with Crippen LogP contribution in [0.25, 0.3) is 0 Å². The van der Waals surface area contributed by atoms with E-state index < -0.39 is 0 Å². The third kappa shape index (κ3) is 6.99. The summed E-state index contributed by atoms with van der Waals surface area (Å²) in [6.45, 7) is 7.24. The summed E-state index contributed by atoms with van der Waals surface area (Å²) in [4.78, 5) is 2.19. The highest BCUT2D eigenvalue weighted by molar-refractivity contribution is 4.75. The van der Waals surface area contributed by atoms with Gasteiger partial charge in [-0.15, -0.1) is 0 Å². The summed E-state index contributed by atoms with van der Waals surface area (Å²) in [6.07, 6.45) is 3.68. The predicted molar refractivity (Wildman–Crippen MR) is 70.2 cm³/mol. The Morgan fingerprint density at radius 3 is 2.76 bits per heavy atom. The molecule has 1 rings (SSSR count). The van der Waals surface area contributed by atoms with Gasteiger partial charge in [-0.3, -0.25) is 0 Å². The van der Waals surface area contributed by atoms with Crippen molar-refractivity contribution in [2.45, 2.75) is 51.4 Å². The van der Waals surface area contributed by atoms with Crippen LogP contribution in [0.3, 0.4) is 0 Å². The molecule has 0 aromatic heterocycles. The molecule has 2 N–H and O–H groups in total. The number of aliphatic hydroxyl groups excluding tert-OH is 1. The number of hydrogen-bond acceptors (Lipinski definition) is 4. The molecular weight excluding hydrogens is 216 g/mol. The molecule has 1 saturated heterocycles. The maximum atomic E-state index is 9.81. The van der Waals surface area contributed by atoms with Crippen molar-refractivity contribution in [2.75, 3.05) is 33.3 Å². The molecule has 0 radical (unpaired) electrons. The quantitative estimate of drug-likeness (QED) is 0.697. The lowest BCUT2D eigenvalue weighted by molar-refractivity contribution is -0.00657. The number of rotatable bonds is 7. The zero-order valence-corrected chi connectivity index (χ0v) is 11.5. The van der Waals surface area contributed by atoms with Crippen molar-refractivity contribution < 1.29 is 9.84 Å². The van der Waals surface area contributed by atoms with E-state index in [9.17, 15) is 5.11 Å². The maximum Gasteiger partial charge on any atom is 0.0900 e. The van der Waals surface area contributed by atoms with Crippen molar-refractivity contribution in [3.8, 4) is 0 Å². The highest BCUT2D eigenvalue weighted by Crippen LogP contribution is 2.08. The Kier molecular flexibility index (Phi) is 7.04. The van der Waals surface area contributed by atoms with Gasteiger partial charge in [-0.05, 0) is 40.3 Å². The van der Waals surface area contributed by atoms with Crippen molar-refractivity contribution >= 4 is 0 Å². The fourth-order valence-electron chi connectivity index (χ4n) is 2.25. The molecule has 0 aliphatic carbocycles. The van der Waals surface area contributed by atoms with E-state index in [2.05, 4.69) is 17.3 Å². The van der Waals surface area contributed by atoms with Crippen molar-refractivity contribution in [1.82, 2.24) is 10.2 Å². The molecule has 4 heteroatoms. The third-order valence-electron chi connectivity index (χ3n) is 3.09.